The van der Waals surface area contributed by atoms with Crippen molar-refractivity contribution >= 4 is 5.97 Å². The van der Waals surface area contributed by atoms with Crippen molar-refractivity contribution in [2.24, 2.45) is 5.92 Å². The monoisotopic (exact) mass is 198 g/mol. The van der Waals surface area contributed by atoms with Crippen molar-refractivity contribution in [3.8, 4) is 0 Å². The van der Waals surface area contributed by atoms with E-state index in [4.69, 9.17) is 5.11 Å². The van der Waals surface area contributed by atoms with Crippen LogP contribution in [0.5, 0.6) is 0 Å². The molecule has 0 bridgehead atoms. The lowest BCUT2D eigenvalue weighted by atomic mass is 9.95. The Bertz CT molecular complexity index is 194. The van der Waals surface area contributed by atoms with E-state index in [9.17, 15) is 4.79 Å². The van der Waals surface area contributed by atoms with Gasteiger partial charge in [0.25, 0.3) is 0 Å². The number of hydrogen-bond donors (Lipinski definition) is 1. The van der Waals surface area contributed by atoms with Gasteiger partial charge in [0, 0.05) is 5.57 Å². The van der Waals surface area contributed by atoms with Gasteiger partial charge in [-0.3, -0.25) is 0 Å². The third-order valence-electron chi connectivity index (χ3n) is 2.41. The fraction of sp³-hybridized carbons (Fsp3) is 0.750. The van der Waals surface area contributed by atoms with Gasteiger partial charge in [-0.25, -0.2) is 4.79 Å². The summed E-state index contributed by atoms with van der Waals surface area (Å²) < 4.78 is 0. The molecule has 0 aliphatic rings. The molecule has 2 nitrogen and oxygen atoms in total. The lowest BCUT2D eigenvalue weighted by Crippen LogP contribution is -2.02. The molecule has 0 aromatic heterocycles. The molecule has 0 amide bonds. The molecule has 0 spiro atoms. The van der Waals surface area contributed by atoms with Crippen molar-refractivity contribution in [3.63, 3.8) is 0 Å². The molecule has 1 unspecified atom stereocenters. The number of allylic oxidation sites excluding steroid dienone is 1. The molecule has 0 aromatic carbocycles. The summed E-state index contributed by atoms with van der Waals surface area (Å²) in [5, 5.41) is 8.76. The van der Waals surface area contributed by atoms with Crippen LogP contribution < -0.4 is 0 Å². The highest BCUT2D eigenvalue weighted by Gasteiger charge is 2.07. The lowest BCUT2D eigenvalue weighted by molar-refractivity contribution is -0.132. The summed E-state index contributed by atoms with van der Waals surface area (Å²) in [6.45, 7) is 5.98. The number of aliphatic carboxylic acids is 1. The van der Waals surface area contributed by atoms with Crippen molar-refractivity contribution in [2.45, 2.75) is 52.9 Å². The van der Waals surface area contributed by atoms with Gasteiger partial charge in [0.15, 0.2) is 0 Å². The molecule has 2 heteroatoms. The molecule has 0 saturated carbocycles. The highest BCUT2D eigenvalue weighted by atomic mass is 16.4. The molecule has 14 heavy (non-hydrogen) atoms. The van der Waals surface area contributed by atoms with E-state index in [0.29, 0.717) is 11.5 Å². The predicted octanol–water partition coefficient (Wildman–Crippen LogP) is 3.62. The third-order valence-corrected chi connectivity index (χ3v) is 2.41. The van der Waals surface area contributed by atoms with Gasteiger partial charge in [0.05, 0.1) is 0 Å². The van der Waals surface area contributed by atoms with Crippen LogP contribution in [0.2, 0.25) is 0 Å². The van der Waals surface area contributed by atoms with Gasteiger partial charge in [-0.05, 0) is 25.7 Å². The summed E-state index contributed by atoms with van der Waals surface area (Å²) >= 11 is 0. The zero-order valence-electron chi connectivity index (χ0n) is 9.55. The Kier molecular flexibility index (Phi) is 7.17. The van der Waals surface area contributed by atoms with Gasteiger partial charge in [0.1, 0.15) is 0 Å². The molecular formula is C12H22O2. The summed E-state index contributed by atoms with van der Waals surface area (Å²) in [4.78, 5) is 10.6. The molecule has 0 rings (SSSR count). The summed E-state index contributed by atoms with van der Waals surface area (Å²) in [6, 6.07) is 0. The predicted molar refractivity (Wildman–Crippen MR) is 59.3 cm³/mol. The molecular weight excluding hydrogens is 176 g/mol. The number of unbranched alkanes of at least 4 members (excludes halogenated alkanes) is 1. The molecule has 0 radical (unpaired) electrons. The molecule has 0 aliphatic carbocycles. The van der Waals surface area contributed by atoms with Gasteiger partial charge in [0.2, 0.25) is 0 Å². The molecule has 1 atom stereocenters. The largest absolute Gasteiger partial charge is 0.478 e. The Morgan fingerprint density at radius 2 is 1.93 bits per heavy atom. The van der Waals surface area contributed by atoms with Crippen LogP contribution in [0, 0.1) is 5.92 Å². The molecule has 0 saturated heterocycles. The molecule has 82 valence electrons. The van der Waals surface area contributed by atoms with E-state index >= 15 is 0 Å². The Labute approximate surface area is 87.0 Å². The summed E-state index contributed by atoms with van der Waals surface area (Å²) in [7, 11) is 0. The van der Waals surface area contributed by atoms with E-state index in [2.05, 4.69) is 13.8 Å². The SMILES string of the molecule is CCCCC(C=C(C)C(=O)O)CCC. The van der Waals surface area contributed by atoms with Crippen LogP contribution in [0.4, 0.5) is 0 Å². The van der Waals surface area contributed by atoms with Crippen LogP contribution in [0.15, 0.2) is 11.6 Å². The molecule has 0 fully saturated rings. The summed E-state index contributed by atoms with van der Waals surface area (Å²) in [5.74, 6) is -0.335. The molecule has 0 aromatic rings. The van der Waals surface area contributed by atoms with Gasteiger partial charge in [-0.2, -0.15) is 0 Å². The maximum Gasteiger partial charge on any atom is 0.330 e. The first-order chi connectivity index (χ1) is 6.61. The summed E-state index contributed by atoms with van der Waals surface area (Å²) in [6.07, 6.45) is 7.63. The normalized spacial score (nSPS) is 14.1. The minimum absolute atomic E-state index is 0.455. The van der Waals surface area contributed by atoms with Crippen LogP contribution in [-0.2, 0) is 4.79 Å². The Balaban J connectivity index is 4.19. The van der Waals surface area contributed by atoms with Gasteiger partial charge < -0.3 is 5.11 Å². The van der Waals surface area contributed by atoms with Crippen molar-refractivity contribution < 1.29 is 9.90 Å². The molecule has 1 N–H and O–H groups in total. The zero-order chi connectivity index (χ0) is 11.0. The van der Waals surface area contributed by atoms with Gasteiger partial charge in [-0.15, -0.1) is 0 Å². The number of carboxylic acid groups (broad SMARTS) is 1. The average Bonchev–Trinajstić information content (AvgIpc) is 2.14. The lowest BCUT2D eigenvalue weighted by Gasteiger charge is -2.11. The van der Waals surface area contributed by atoms with Crippen molar-refractivity contribution in [1.82, 2.24) is 0 Å². The second-order valence-corrected chi connectivity index (χ2v) is 3.85. The van der Waals surface area contributed by atoms with Crippen LogP contribution in [0.25, 0.3) is 0 Å². The standard InChI is InChI=1S/C12H22O2/c1-4-6-8-11(7-5-2)9-10(3)12(13)14/h9,11H,4-8H2,1-3H3,(H,13,14). The first-order valence-electron chi connectivity index (χ1n) is 5.53. The fourth-order valence-corrected chi connectivity index (χ4v) is 1.57. The van der Waals surface area contributed by atoms with E-state index < -0.39 is 5.97 Å². The maximum atomic E-state index is 10.6. The fourth-order valence-electron chi connectivity index (χ4n) is 1.57. The van der Waals surface area contributed by atoms with Crippen LogP contribution in [-0.4, -0.2) is 11.1 Å². The van der Waals surface area contributed by atoms with Crippen molar-refractivity contribution in [2.75, 3.05) is 0 Å². The Hall–Kier alpha value is -0.790. The van der Waals surface area contributed by atoms with Crippen LogP contribution in [0.3, 0.4) is 0 Å². The van der Waals surface area contributed by atoms with Crippen LogP contribution >= 0.6 is 0 Å². The quantitative estimate of drug-likeness (QED) is 0.634. The second-order valence-electron chi connectivity index (χ2n) is 3.85. The Morgan fingerprint density at radius 3 is 2.36 bits per heavy atom. The van der Waals surface area contributed by atoms with E-state index in [-0.39, 0.29) is 0 Å². The van der Waals surface area contributed by atoms with Gasteiger partial charge >= 0.3 is 5.97 Å². The minimum Gasteiger partial charge on any atom is -0.478 e. The minimum atomic E-state index is -0.789. The number of hydrogen-bond acceptors (Lipinski definition) is 1. The Morgan fingerprint density at radius 1 is 1.29 bits per heavy atom. The van der Waals surface area contributed by atoms with Crippen molar-refractivity contribution in [3.05, 3.63) is 11.6 Å². The number of carbonyl (C=O) groups is 1. The van der Waals surface area contributed by atoms with Gasteiger partial charge in [-0.1, -0.05) is 39.2 Å². The topological polar surface area (TPSA) is 37.3 Å². The highest BCUT2D eigenvalue weighted by molar-refractivity contribution is 5.85. The highest BCUT2D eigenvalue weighted by Crippen LogP contribution is 2.18. The average molecular weight is 198 g/mol. The zero-order valence-corrected chi connectivity index (χ0v) is 9.55. The first kappa shape index (κ1) is 13.2. The van der Waals surface area contributed by atoms with E-state index in [0.717, 1.165) is 19.3 Å². The third kappa shape index (κ3) is 5.79. The summed E-state index contributed by atoms with van der Waals surface area (Å²) in [5.41, 5.74) is 0.486. The maximum absolute atomic E-state index is 10.6. The van der Waals surface area contributed by atoms with E-state index in [1.165, 1.54) is 12.8 Å². The van der Waals surface area contributed by atoms with E-state index in [1.807, 2.05) is 6.08 Å². The van der Waals surface area contributed by atoms with Crippen molar-refractivity contribution in [1.29, 1.82) is 0 Å². The molecule has 0 aliphatic heterocycles. The number of rotatable bonds is 7. The molecule has 0 heterocycles. The smallest absolute Gasteiger partial charge is 0.330 e. The number of carboxylic acids is 1. The second kappa shape index (κ2) is 7.60. The van der Waals surface area contributed by atoms with Crippen LogP contribution in [0.1, 0.15) is 52.9 Å². The van der Waals surface area contributed by atoms with E-state index in [1.54, 1.807) is 6.92 Å². The first-order valence-corrected chi connectivity index (χ1v) is 5.53.